The first-order valence-corrected chi connectivity index (χ1v) is 8.57. The van der Waals surface area contributed by atoms with Crippen LogP contribution in [0.25, 0.3) is 0 Å². The highest BCUT2D eigenvalue weighted by molar-refractivity contribution is 5.79. The van der Waals surface area contributed by atoms with Gasteiger partial charge >= 0.3 is 0 Å². The Balaban J connectivity index is 1.56. The molecule has 26 heavy (non-hydrogen) atoms. The summed E-state index contributed by atoms with van der Waals surface area (Å²) in [4.78, 5) is 4.25. The van der Waals surface area contributed by atoms with Crippen LogP contribution < -0.4 is 20.1 Å². The van der Waals surface area contributed by atoms with E-state index in [0.29, 0.717) is 19.0 Å². The van der Waals surface area contributed by atoms with Crippen molar-refractivity contribution in [2.75, 3.05) is 20.4 Å². The van der Waals surface area contributed by atoms with Crippen LogP contribution in [-0.2, 0) is 12.0 Å². The zero-order valence-corrected chi connectivity index (χ0v) is 15.3. The molecule has 0 saturated carbocycles. The zero-order valence-electron chi connectivity index (χ0n) is 15.3. The van der Waals surface area contributed by atoms with Crippen LogP contribution in [0.1, 0.15) is 25.0 Å². The average Bonchev–Trinajstić information content (AvgIpc) is 3.09. The van der Waals surface area contributed by atoms with E-state index in [1.165, 1.54) is 6.07 Å². The summed E-state index contributed by atoms with van der Waals surface area (Å²) in [6.07, 6.45) is 0. The van der Waals surface area contributed by atoms with Gasteiger partial charge in [-0.05, 0) is 35.4 Å². The third-order valence-corrected chi connectivity index (χ3v) is 4.42. The quantitative estimate of drug-likeness (QED) is 0.637. The van der Waals surface area contributed by atoms with Gasteiger partial charge in [0, 0.05) is 25.6 Å². The fourth-order valence-corrected chi connectivity index (χ4v) is 2.77. The van der Waals surface area contributed by atoms with Gasteiger partial charge in [0.1, 0.15) is 5.82 Å². The van der Waals surface area contributed by atoms with Crippen molar-refractivity contribution in [3.8, 4) is 11.5 Å². The van der Waals surface area contributed by atoms with E-state index in [9.17, 15) is 4.39 Å². The highest BCUT2D eigenvalue weighted by Gasteiger charge is 2.21. The molecule has 6 heteroatoms. The molecule has 2 aromatic rings. The maximum atomic E-state index is 13.5. The predicted octanol–water partition coefficient (Wildman–Crippen LogP) is 3.20. The zero-order chi connectivity index (χ0) is 18.6. The van der Waals surface area contributed by atoms with Gasteiger partial charge < -0.3 is 20.1 Å². The number of hydrogen-bond donors (Lipinski definition) is 2. The smallest absolute Gasteiger partial charge is 0.231 e. The van der Waals surface area contributed by atoms with Crippen molar-refractivity contribution in [3.63, 3.8) is 0 Å². The highest BCUT2D eigenvalue weighted by atomic mass is 19.1. The predicted molar refractivity (Wildman–Crippen MR) is 100 cm³/mol. The lowest BCUT2D eigenvalue weighted by atomic mass is 9.84. The Bertz CT molecular complexity index is 805. The fourth-order valence-electron chi connectivity index (χ4n) is 2.77. The summed E-state index contributed by atoms with van der Waals surface area (Å²) in [5.41, 5.74) is 1.77. The normalized spacial score (nSPS) is 13.6. The molecule has 0 bridgehead atoms. The fraction of sp³-hybridized carbons (Fsp3) is 0.350. The minimum absolute atomic E-state index is 0.221. The number of aliphatic imine (C=N–C) groups is 1. The Kier molecular flexibility index (Phi) is 5.30. The SMILES string of the molecule is CN=C(NCc1ccc2c(c1)OCO2)NCC(C)(C)c1cccc(F)c1. The lowest BCUT2D eigenvalue weighted by Crippen LogP contribution is -2.43. The molecule has 1 heterocycles. The van der Waals surface area contributed by atoms with E-state index >= 15 is 0 Å². The van der Waals surface area contributed by atoms with E-state index in [0.717, 1.165) is 22.6 Å². The summed E-state index contributed by atoms with van der Waals surface area (Å²) >= 11 is 0. The van der Waals surface area contributed by atoms with Crippen LogP contribution in [0.15, 0.2) is 47.5 Å². The Morgan fingerprint density at radius 2 is 1.92 bits per heavy atom. The van der Waals surface area contributed by atoms with Crippen LogP contribution in [0, 0.1) is 5.82 Å². The number of ether oxygens (including phenoxy) is 2. The largest absolute Gasteiger partial charge is 0.454 e. The molecule has 138 valence electrons. The topological polar surface area (TPSA) is 54.9 Å². The van der Waals surface area contributed by atoms with Gasteiger partial charge in [0.05, 0.1) is 0 Å². The lowest BCUT2D eigenvalue weighted by Gasteiger charge is -2.27. The van der Waals surface area contributed by atoms with E-state index in [1.807, 2.05) is 24.3 Å². The van der Waals surface area contributed by atoms with Crippen LogP contribution >= 0.6 is 0 Å². The summed E-state index contributed by atoms with van der Waals surface area (Å²) in [6.45, 7) is 5.64. The van der Waals surface area contributed by atoms with Crippen molar-refractivity contribution in [2.24, 2.45) is 4.99 Å². The molecule has 0 spiro atoms. The van der Waals surface area contributed by atoms with Crippen LogP contribution in [-0.4, -0.2) is 26.3 Å². The molecule has 0 amide bonds. The van der Waals surface area contributed by atoms with Crippen LogP contribution in [0.2, 0.25) is 0 Å². The second-order valence-corrected chi connectivity index (χ2v) is 6.86. The molecule has 1 aliphatic rings. The highest BCUT2D eigenvalue weighted by Crippen LogP contribution is 2.32. The number of rotatable bonds is 5. The second-order valence-electron chi connectivity index (χ2n) is 6.86. The third-order valence-electron chi connectivity index (χ3n) is 4.42. The van der Waals surface area contributed by atoms with Gasteiger partial charge in [-0.2, -0.15) is 0 Å². The molecule has 0 fully saturated rings. The van der Waals surface area contributed by atoms with Gasteiger partial charge in [-0.15, -0.1) is 0 Å². The van der Waals surface area contributed by atoms with E-state index in [2.05, 4.69) is 29.5 Å². The molecule has 0 aliphatic carbocycles. The van der Waals surface area contributed by atoms with Crippen LogP contribution in [0.5, 0.6) is 11.5 Å². The maximum absolute atomic E-state index is 13.5. The molecule has 2 N–H and O–H groups in total. The Morgan fingerprint density at radius 3 is 2.69 bits per heavy atom. The molecule has 3 rings (SSSR count). The standard InChI is InChI=1S/C20H24FN3O2/c1-20(2,15-5-4-6-16(21)10-15)12-24-19(22-3)23-11-14-7-8-17-18(9-14)26-13-25-17/h4-10H,11-13H2,1-3H3,(H2,22,23,24). The monoisotopic (exact) mass is 357 g/mol. The molecular formula is C20H24FN3O2. The van der Waals surface area contributed by atoms with Crippen LogP contribution in [0.4, 0.5) is 4.39 Å². The van der Waals surface area contributed by atoms with Gasteiger partial charge in [0.15, 0.2) is 17.5 Å². The minimum Gasteiger partial charge on any atom is -0.454 e. The van der Waals surface area contributed by atoms with E-state index in [-0.39, 0.29) is 18.0 Å². The van der Waals surface area contributed by atoms with Crippen LogP contribution in [0.3, 0.4) is 0 Å². The number of hydrogen-bond acceptors (Lipinski definition) is 3. The Labute approximate surface area is 153 Å². The van der Waals surface area contributed by atoms with Gasteiger partial charge in [-0.3, -0.25) is 4.99 Å². The number of benzene rings is 2. The summed E-state index contributed by atoms with van der Waals surface area (Å²) in [5, 5.41) is 6.59. The second kappa shape index (κ2) is 7.64. The molecule has 1 aliphatic heterocycles. The van der Waals surface area contributed by atoms with Gasteiger partial charge in [-0.25, -0.2) is 4.39 Å². The molecule has 0 saturated heterocycles. The molecular weight excluding hydrogens is 333 g/mol. The van der Waals surface area contributed by atoms with Crippen molar-refractivity contribution >= 4 is 5.96 Å². The summed E-state index contributed by atoms with van der Waals surface area (Å²) in [6, 6.07) is 12.6. The van der Waals surface area contributed by atoms with Crippen molar-refractivity contribution in [1.82, 2.24) is 10.6 Å². The Morgan fingerprint density at radius 1 is 1.12 bits per heavy atom. The van der Waals surface area contributed by atoms with Crippen molar-refractivity contribution in [2.45, 2.75) is 25.8 Å². The van der Waals surface area contributed by atoms with Crippen molar-refractivity contribution in [3.05, 3.63) is 59.4 Å². The molecule has 0 unspecified atom stereocenters. The summed E-state index contributed by atoms with van der Waals surface area (Å²) < 4.78 is 24.2. The Hall–Kier alpha value is -2.76. The molecule has 0 radical (unpaired) electrons. The van der Waals surface area contributed by atoms with E-state index in [4.69, 9.17) is 9.47 Å². The number of halogens is 1. The van der Waals surface area contributed by atoms with Gasteiger partial charge in [0.2, 0.25) is 6.79 Å². The van der Waals surface area contributed by atoms with Gasteiger partial charge in [0.25, 0.3) is 0 Å². The number of nitrogens with zero attached hydrogens (tertiary/aromatic N) is 1. The van der Waals surface area contributed by atoms with E-state index in [1.54, 1.807) is 19.2 Å². The summed E-state index contributed by atoms with van der Waals surface area (Å²) in [7, 11) is 1.73. The van der Waals surface area contributed by atoms with E-state index < -0.39 is 0 Å². The molecule has 0 aromatic heterocycles. The first kappa shape index (κ1) is 18.0. The molecule has 2 aromatic carbocycles. The number of guanidine groups is 1. The third kappa shape index (κ3) is 4.25. The first-order valence-electron chi connectivity index (χ1n) is 8.57. The molecule has 5 nitrogen and oxygen atoms in total. The number of nitrogens with one attached hydrogen (secondary N) is 2. The number of fused-ring (bicyclic) bond motifs is 1. The first-order chi connectivity index (χ1) is 12.5. The lowest BCUT2D eigenvalue weighted by molar-refractivity contribution is 0.174. The minimum atomic E-state index is -0.238. The maximum Gasteiger partial charge on any atom is 0.231 e. The average molecular weight is 357 g/mol. The summed E-state index contributed by atoms with van der Waals surface area (Å²) in [5.74, 6) is 2.00. The molecule has 0 atom stereocenters. The van der Waals surface area contributed by atoms with Crippen molar-refractivity contribution in [1.29, 1.82) is 0 Å². The van der Waals surface area contributed by atoms with Crippen molar-refractivity contribution < 1.29 is 13.9 Å². The van der Waals surface area contributed by atoms with Gasteiger partial charge in [-0.1, -0.05) is 32.0 Å².